The van der Waals surface area contributed by atoms with Gasteiger partial charge in [-0.1, -0.05) is 24.1 Å². The molecule has 5 rings (SSSR count). The van der Waals surface area contributed by atoms with E-state index in [9.17, 15) is 9.59 Å². The van der Waals surface area contributed by atoms with Gasteiger partial charge in [-0.25, -0.2) is 9.97 Å². The summed E-state index contributed by atoms with van der Waals surface area (Å²) in [5.74, 6) is 6.36. The van der Waals surface area contributed by atoms with Crippen molar-refractivity contribution in [3.05, 3.63) is 77.6 Å². The molecule has 1 aliphatic rings. The van der Waals surface area contributed by atoms with E-state index >= 15 is 0 Å². The topological polar surface area (TPSA) is 92.5 Å². The van der Waals surface area contributed by atoms with Crippen molar-refractivity contribution in [2.24, 2.45) is 0 Å². The minimum absolute atomic E-state index is 0.169. The second-order valence-electron chi connectivity index (χ2n) is 9.12. The van der Waals surface area contributed by atoms with Crippen LogP contribution in [0, 0.1) is 25.7 Å². The molecule has 3 aromatic heterocycles. The van der Waals surface area contributed by atoms with Gasteiger partial charge in [0.1, 0.15) is 11.6 Å². The van der Waals surface area contributed by atoms with Crippen LogP contribution in [0.1, 0.15) is 59.8 Å². The summed E-state index contributed by atoms with van der Waals surface area (Å²) in [6.45, 7) is 6.30. The van der Waals surface area contributed by atoms with Gasteiger partial charge in [0.05, 0.1) is 22.9 Å². The zero-order valence-electron chi connectivity index (χ0n) is 21.2. The number of imidazole rings is 1. The molecule has 4 aromatic rings. The van der Waals surface area contributed by atoms with Gasteiger partial charge in [0, 0.05) is 35.8 Å². The summed E-state index contributed by atoms with van der Waals surface area (Å²) in [5, 5.41) is 2.81. The number of aryl methyl sites for hydroxylation is 2. The maximum atomic E-state index is 12.8. The molecule has 1 aromatic carbocycles. The van der Waals surface area contributed by atoms with Gasteiger partial charge < -0.3 is 10.2 Å². The molecule has 0 bridgehead atoms. The number of carbonyl (C=O) groups is 2. The monoisotopic (exact) mass is 492 g/mol. The molecule has 37 heavy (non-hydrogen) atoms. The maximum absolute atomic E-state index is 12.8. The second-order valence-corrected chi connectivity index (χ2v) is 9.12. The Hall–Kier alpha value is -4.51. The summed E-state index contributed by atoms with van der Waals surface area (Å²) < 4.78 is 2.12. The first kappa shape index (κ1) is 24.2. The summed E-state index contributed by atoms with van der Waals surface area (Å²) in [6, 6.07) is 12.5. The molecular weight excluding hydrogens is 464 g/mol. The minimum Gasteiger partial charge on any atom is -0.322 e. The number of carbonyl (C=O) groups excluding carboxylic acids is 2. The van der Waals surface area contributed by atoms with Gasteiger partial charge >= 0.3 is 0 Å². The van der Waals surface area contributed by atoms with Crippen LogP contribution in [0.4, 0.5) is 5.82 Å². The molecule has 0 spiro atoms. The zero-order valence-corrected chi connectivity index (χ0v) is 21.2. The van der Waals surface area contributed by atoms with Crippen molar-refractivity contribution in [1.29, 1.82) is 0 Å². The average Bonchev–Trinajstić information content (AvgIpc) is 3.33. The van der Waals surface area contributed by atoms with E-state index in [1.54, 1.807) is 37.4 Å². The first-order valence-corrected chi connectivity index (χ1v) is 12.4. The van der Waals surface area contributed by atoms with Crippen LogP contribution in [0.5, 0.6) is 0 Å². The molecule has 1 saturated heterocycles. The molecule has 1 fully saturated rings. The van der Waals surface area contributed by atoms with E-state index < -0.39 is 0 Å². The highest BCUT2D eigenvalue weighted by Gasteiger charge is 2.32. The Bertz CT molecular complexity index is 1530. The van der Waals surface area contributed by atoms with E-state index in [0.29, 0.717) is 17.9 Å². The number of pyridine rings is 1. The van der Waals surface area contributed by atoms with Crippen LogP contribution in [0.15, 0.2) is 54.9 Å². The molecule has 0 unspecified atom stereocenters. The fraction of sp³-hybridized carbons (Fsp3) is 0.276. The van der Waals surface area contributed by atoms with Crippen molar-refractivity contribution in [2.75, 3.05) is 11.9 Å². The fourth-order valence-corrected chi connectivity index (χ4v) is 4.89. The van der Waals surface area contributed by atoms with Gasteiger partial charge in [0.15, 0.2) is 0 Å². The van der Waals surface area contributed by atoms with Crippen LogP contribution in [0.25, 0.3) is 16.8 Å². The van der Waals surface area contributed by atoms with E-state index in [1.165, 1.54) is 0 Å². The Balaban J connectivity index is 1.55. The first-order chi connectivity index (χ1) is 18.0. The lowest BCUT2D eigenvalue weighted by molar-refractivity contribution is -0.129. The average molecular weight is 493 g/mol. The highest BCUT2D eigenvalue weighted by Crippen LogP contribution is 2.36. The SMILES string of the molecule is CC#CC(=O)N1CCCC[C@H]1c1nc(-c2ccc(C(=O)Nc3ccccn3)cc2)c2c(C)ncc(C)n12. The van der Waals surface area contributed by atoms with E-state index in [4.69, 9.17) is 4.98 Å². The Morgan fingerprint density at radius 2 is 1.86 bits per heavy atom. The lowest BCUT2D eigenvalue weighted by Crippen LogP contribution is -2.38. The van der Waals surface area contributed by atoms with Crippen molar-refractivity contribution < 1.29 is 9.59 Å². The summed E-state index contributed by atoms with van der Waals surface area (Å²) in [4.78, 5) is 41.2. The number of rotatable bonds is 4. The number of nitrogens with zero attached hydrogens (tertiary/aromatic N) is 5. The van der Waals surface area contributed by atoms with E-state index in [2.05, 4.69) is 31.5 Å². The fourth-order valence-electron chi connectivity index (χ4n) is 4.89. The van der Waals surface area contributed by atoms with Gasteiger partial charge in [-0.05, 0) is 70.2 Å². The molecule has 4 heterocycles. The van der Waals surface area contributed by atoms with E-state index in [1.807, 2.05) is 43.1 Å². The molecular formula is C29H28N6O2. The molecule has 1 N–H and O–H groups in total. The number of piperidine rings is 1. The van der Waals surface area contributed by atoms with Gasteiger partial charge in [-0.2, -0.15) is 0 Å². The molecule has 0 saturated carbocycles. The molecule has 8 heteroatoms. The standard InChI is InChI=1S/C29H28N6O2/c1-4-9-25(36)34-17-8-6-10-23(34)28-33-26(27-20(3)31-18-19(2)35(27)28)21-12-14-22(15-13-21)29(37)32-24-11-5-7-16-30-24/h5,7,11-16,18,23H,6,8,10,17H2,1-3H3,(H,30,32,37)/t23-/m0/s1. The third-order valence-electron chi connectivity index (χ3n) is 6.66. The minimum atomic E-state index is -0.234. The lowest BCUT2D eigenvalue weighted by atomic mass is 10.0. The Morgan fingerprint density at radius 3 is 2.59 bits per heavy atom. The van der Waals surface area contributed by atoms with Crippen molar-refractivity contribution in [3.8, 4) is 23.1 Å². The van der Waals surface area contributed by atoms with Crippen molar-refractivity contribution >= 4 is 23.1 Å². The largest absolute Gasteiger partial charge is 0.322 e. The highest BCUT2D eigenvalue weighted by molar-refractivity contribution is 6.04. The number of nitrogens with one attached hydrogen (secondary N) is 1. The summed E-state index contributed by atoms with van der Waals surface area (Å²) in [7, 11) is 0. The van der Waals surface area contributed by atoms with E-state index in [0.717, 1.165) is 53.2 Å². The van der Waals surface area contributed by atoms with Crippen LogP contribution >= 0.6 is 0 Å². The summed E-state index contributed by atoms with van der Waals surface area (Å²) >= 11 is 0. The quantitative estimate of drug-likeness (QED) is 0.416. The molecule has 186 valence electrons. The molecule has 1 aliphatic heterocycles. The van der Waals surface area contributed by atoms with Crippen molar-refractivity contribution in [3.63, 3.8) is 0 Å². The third-order valence-corrected chi connectivity index (χ3v) is 6.66. The number of benzene rings is 1. The van der Waals surface area contributed by atoms with Crippen LogP contribution in [0.3, 0.4) is 0 Å². The number of fused-ring (bicyclic) bond motifs is 1. The molecule has 1 atom stereocenters. The Kier molecular flexibility index (Phi) is 6.69. The predicted molar refractivity (Wildman–Crippen MR) is 142 cm³/mol. The summed E-state index contributed by atoms with van der Waals surface area (Å²) in [6.07, 6.45) is 6.26. The number of anilines is 1. The molecule has 0 aliphatic carbocycles. The van der Waals surface area contributed by atoms with Crippen molar-refractivity contribution in [1.82, 2.24) is 24.3 Å². The molecule has 2 amide bonds. The normalized spacial score (nSPS) is 15.2. The second kappa shape index (κ2) is 10.2. The molecule has 0 radical (unpaired) electrons. The van der Waals surface area contributed by atoms with Crippen LogP contribution < -0.4 is 5.32 Å². The number of likely N-dealkylation sites (tertiary alicyclic amines) is 1. The smallest absolute Gasteiger partial charge is 0.299 e. The third kappa shape index (κ3) is 4.68. The number of hydrogen-bond acceptors (Lipinski definition) is 5. The Morgan fingerprint density at radius 1 is 1.05 bits per heavy atom. The number of hydrogen-bond donors (Lipinski definition) is 1. The van der Waals surface area contributed by atoms with Gasteiger partial charge in [-0.15, -0.1) is 0 Å². The highest BCUT2D eigenvalue weighted by atomic mass is 16.2. The van der Waals surface area contributed by atoms with Crippen LogP contribution in [-0.2, 0) is 4.79 Å². The van der Waals surface area contributed by atoms with Gasteiger partial charge in [0.2, 0.25) is 0 Å². The predicted octanol–water partition coefficient (Wildman–Crippen LogP) is 4.74. The zero-order chi connectivity index (χ0) is 25.9. The Labute approximate surface area is 215 Å². The van der Waals surface area contributed by atoms with Crippen LogP contribution in [-0.4, -0.2) is 42.6 Å². The van der Waals surface area contributed by atoms with Gasteiger partial charge in [-0.3, -0.25) is 19.0 Å². The maximum Gasteiger partial charge on any atom is 0.299 e. The molecule has 8 nitrogen and oxygen atoms in total. The number of aromatic nitrogens is 4. The van der Waals surface area contributed by atoms with Crippen LogP contribution in [0.2, 0.25) is 0 Å². The lowest BCUT2D eigenvalue weighted by Gasteiger charge is -2.33. The van der Waals surface area contributed by atoms with Crippen molar-refractivity contribution in [2.45, 2.75) is 46.1 Å². The summed E-state index contributed by atoms with van der Waals surface area (Å²) in [5.41, 5.74) is 4.86. The number of amides is 2. The first-order valence-electron chi connectivity index (χ1n) is 12.4. The van der Waals surface area contributed by atoms with Gasteiger partial charge in [0.25, 0.3) is 11.8 Å². The van der Waals surface area contributed by atoms with E-state index in [-0.39, 0.29) is 17.9 Å².